The van der Waals surface area contributed by atoms with Crippen molar-refractivity contribution in [2.45, 2.75) is 19.1 Å². The zero-order valence-corrected chi connectivity index (χ0v) is 10.4. The van der Waals surface area contributed by atoms with Crippen molar-refractivity contribution in [1.82, 2.24) is 9.97 Å². The van der Waals surface area contributed by atoms with E-state index in [-0.39, 0.29) is 0 Å². The van der Waals surface area contributed by atoms with E-state index in [2.05, 4.69) is 28.5 Å². The van der Waals surface area contributed by atoms with Crippen LogP contribution in [0.25, 0.3) is 0 Å². The van der Waals surface area contributed by atoms with Gasteiger partial charge in [-0.25, -0.2) is 4.98 Å². The standard InChI is InChI=1S/C10H17N3OS/c1-7(15-4)6-11-9-5-10(14-3)13-8(2)12-9/h5,7H,6H2,1-4H3,(H,11,12,13). The van der Waals surface area contributed by atoms with Crippen LogP contribution >= 0.6 is 11.8 Å². The van der Waals surface area contributed by atoms with Gasteiger partial charge in [-0.05, 0) is 13.2 Å². The maximum atomic E-state index is 5.07. The van der Waals surface area contributed by atoms with Gasteiger partial charge in [0.2, 0.25) is 5.88 Å². The van der Waals surface area contributed by atoms with Crippen molar-refractivity contribution in [3.8, 4) is 5.88 Å². The quantitative estimate of drug-likeness (QED) is 0.833. The summed E-state index contributed by atoms with van der Waals surface area (Å²) >= 11 is 1.82. The Morgan fingerprint density at radius 3 is 2.87 bits per heavy atom. The molecule has 1 aromatic rings. The van der Waals surface area contributed by atoms with Crippen LogP contribution in [0, 0.1) is 6.92 Å². The zero-order chi connectivity index (χ0) is 11.3. The summed E-state index contributed by atoms with van der Waals surface area (Å²) in [4.78, 5) is 8.40. The van der Waals surface area contributed by atoms with Gasteiger partial charge in [0.1, 0.15) is 11.6 Å². The van der Waals surface area contributed by atoms with Crippen LogP contribution in [0.5, 0.6) is 5.88 Å². The number of methoxy groups -OCH3 is 1. The zero-order valence-electron chi connectivity index (χ0n) is 9.57. The highest BCUT2D eigenvalue weighted by atomic mass is 32.2. The first-order valence-electron chi connectivity index (χ1n) is 4.82. The van der Waals surface area contributed by atoms with E-state index in [4.69, 9.17) is 4.74 Å². The van der Waals surface area contributed by atoms with E-state index < -0.39 is 0 Å². The number of rotatable bonds is 5. The van der Waals surface area contributed by atoms with Crippen molar-refractivity contribution in [3.63, 3.8) is 0 Å². The molecular formula is C10H17N3OS. The van der Waals surface area contributed by atoms with E-state index in [0.29, 0.717) is 17.0 Å². The molecule has 0 radical (unpaired) electrons. The molecule has 0 fully saturated rings. The van der Waals surface area contributed by atoms with E-state index in [1.54, 1.807) is 13.2 Å². The van der Waals surface area contributed by atoms with Crippen molar-refractivity contribution < 1.29 is 4.74 Å². The summed E-state index contributed by atoms with van der Waals surface area (Å²) in [6.07, 6.45) is 2.10. The summed E-state index contributed by atoms with van der Waals surface area (Å²) in [7, 11) is 1.61. The fourth-order valence-corrected chi connectivity index (χ4v) is 1.32. The normalized spacial score (nSPS) is 12.3. The molecule has 84 valence electrons. The molecule has 1 unspecified atom stereocenters. The van der Waals surface area contributed by atoms with E-state index >= 15 is 0 Å². The van der Waals surface area contributed by atoms with Crippen molar-refractivity contribution in [2.24, 2.45) is 0 Å². The second-order valence-corrected chi connectivity index (χ2v) is 4.55. The molecular weight excluding hydrogens is 210 g/mol. The number of aromatic nitrogens is 2. The Morgan fingerprint density at radius 2 is 2.27 bits per heavy atom. The Hall–Kier alpha value is -0.970. The summed E-state index contributed by atoms with van der Waals surface area (Å²) in [5.41, 5.74) is 0. The first-order chi connectivity index (χ1) is 7.15. The second kappa shape index (κ2) is 5.80. The van der Waals surface area contributed by atoms with Gasteiger partial charge in [-0.3, -0.25) is 0 Å². The highest BCUT2D eigenvalue weighted by Gasteiger charge is 2.03. The Labute approximate surface area is 94.8 Å². The smallest absolute Gasteiger partial charge is 0.218 e. The van der Waals surface area contributed by atoms with E-state index in [1.165, 1.54) is 0 Å². The lowest BCUT2D eigenvalue weighted by Gasteiger charge is -2.11. The predicted molar refractivity (Wildman–Crippen MR) is 64.8 cm³/mol. The fraction of sp³-hybridized carbons (Fsp3) is 0.600. The number of thioether (sulfide) groups is 1. The van der Waals surface area contributed by atoms with Crippen LogP contribution < -0.4 is 10.1 Å². The Kier molecular flexibility index (Phi) is 4.68. The Balaban J connectivity index is 2.64. The number of nitrogens with zero attached hydrogens (tertiary/aromatic N) is 2. The molecule has 0 aliphatic carbocycles. The third-order valence-electron chi connectivity index (χ3n) is 2.00. The Bertz CT molecular complexity index is 320. The van der Waals surface area contributed by atoms with E-state index in [0.717, 1.165) is 12.4 Å². The molecule has 0 bridgehead atoms. The van der Waals surface area contributed by atoms with Gasteiger partial charge in [0, 0.05) is 17.9 Å². The van der Waals surface area contributed by atoms with Crippen molar-refractivity contribution in [1.29, 1.82) is 0 Å². The summed E-state index contributed by atoms with van der Waals surface area (Å²) in [5.74, 6) is 2.13. The van der Waals surface area contributed by atoms with E-state index in [9.17, 15) is 0 Å². The van der Waals surface area contributed by atoms with Gasteiger partial charge < -0.3 is 10.1 Å². The fourth-order valence-electron chi connectivity index (χ4n) is 1.07. The van der Waals surface area contributed by atoms with Gasteiger partial charge in [-0.2, -0.15) is 16.7 Å². The van der Waals surface area contributed by atoms with Gasteiger partial charge in [-0.1, -0.05) is 6.92 Å². The maximum Gasteiger partial charge on any atom is 0.218 e. The molecule has 5 heteroatoms. The lowest BCUT2D eigenvalue weighted by atomic mass is 10.4. The van der Waals surface area contributed by atoms with Crippen LogP contribution in [0.1, 0.15) is 12.7 Å². The van der Waals surface area contributed by atoms with Crippen LogP contribution in [0.15, 0.2) is 6.07 Å². The topological polar surface area (TPSA) is 47.0 Å². The largest absolute Gasteiger partial charge is 0.481 e. The average molecular weight is 227 g/mol. The summed E-state index contributed by atoms with van der Waals surface area (Å²) in [5, 5.41) is 3.82. The SMILES string of the molecule is COc1cc(NCC(C)SC)nc(C)n1. The van der Waals surface area contributed by atoms with Gasteiger partial charge >= 0.3 is 0 Å². The van der Waals surface area contributed by atoms with Gasteiger partial charge in [-0.15, -0.1) is 0 Å². The van der Waals surface area contributed by atoms with Crippen LogP contribution in [0.3, 0.4) is 0 Å². The maximum absolute atomic E-state index is 5.07. The first kappa shape index (κ1) is 12.1. The van der Waals surface area contributed by atoms with Gasteiger partial charge in [0.15, 0.2) is 0 Å². The monoisotopic (exact) mass is 227 g/mol. The Morgan fingerprint density at radius 1 is 1.53 bits per heavy atom. The third kappa shape index (κ3) is 3.95. The summed E-state index contributed by atoms with van der Waals surface area (Å²) in [6.45, 7) is 4.91. The van der Waals surface area contributed by atoms with E-state index in [1.807, 2.05) is 18.7 Å². The molecule has 0 saturated carbocycles. The molecule has 0 amide bonds. The minimum absolute atomic E-state index is 0.561. The van der Waals surface area contributed by atoms with Gasteiger partial charge in [0.05, 0.1) is 7.11 Å². The van der Waals surface area contributed by atoms with Crippen LogP contribution in [0.2, 0.25) is 0 Å². The molecule has 1 atom stereocenters. The number of nitrogens with one attached hydrogen (secondary N) is 1. The molecule has 1 rings (SSSR count). The molecule has 1 heterocycles. The molecule has 15 heavy (non-hydrogen) atoms. The molecule has 0 saturated heterocycles. The number of hydrogen-bond donors (Lipinski definition) is 1. The number of aryl methyl sites for hydroxylation is 1. The number of ether oxygens (including phenoxy) is 1. The number of anilines is 1. The van der Waals surface area contributed by atoms with Crippen molar-refractivity contribution in [2.75, 3.05) is 25.2 Å². The minimum atomic E-state index is 0.561. The highest BCUT2D eigenvalue weighted by Crippen LogP contribution is 2.13. The lowest BCUT2D eigenvalue weighted by Crippen LogP contribution is -2.14. The van der Waals surface area contributed by atoms with Crippen molar-refractivity contribution >= 4 is 17.6 Å². The van der Waals surface area contributed by atoms with Crippen LogP contribution in [-0.2, 0) is 0 Å². The molecule has 0 aliphatic heterocycles. The molecule has 0 aromatic carbocycles. The molecule has 1 aromatic heterocycles. The highest BCUT2D eigenvalue weighted by molar-refractivity contribution is 7.99. The average Bonchev–Trinajstić information content (AvgIpc) is 2.25. The van der Waals surface area contributed by atoms with Crippen LogP contribution in [0.4, 0.5) is 5.82 Å². The summed E-state index contributed by atoms with van der Waals surface area (Å²) in [6, 6.07) is 1.81. The summed E-state index contributed by atoms with van der Waals surface area (Å²) < 4.78 is 5.07. The minimum Gasteiger partial charge on any atom is -0.481 e. The van der Waals surface area contributed by atoms with Crippen molar-refractivity contribution in [3.05, 3.63) is 11.9 Å². The molecule has 4 nitrogen and oxygen atoms in total. The second-order valence-electron chi connectivity index (χ2n) is 3.27. The first-order valence-corrected chi connectivity index (χ1v) is 6.11. The van der Waals surface area contributed by atoms with Crippen LogP contribution in [-0.4, -0.2) is 35.1 Å². The number of hydrogen-bond acceptors (Lipinski definition) is 5. The van der Waals surface area contributed by atoms with Gasteiger partial charge in [0.25, 0.3) is 0 Å². The molecule has 0 spiro atoms. The lowest BCUT2D eigenvalue weighted by molar-refractivity contribution is 0.396. The molecule has 0 aliphatic rings. The predicted octanol–water partition coefficient (Wildman–Crippen LogP) is 1.96. The molecule has 1 N–H and O–H groups in total. The third-order valence-corrected chi connectivity index (χ3v) is 2.97.